The molecule has 0 atom stereocenters. The van der Waals surface area contributed by atoms with Gasteiger partial charge >= 0.3 is 0 Å². The molecule has 3 nitrogen and oxygen atoms in total. The molecule has 0 bridgehead atoms. The molecule has 1 heterocycles. The van der Waals surface area contributed by atoms with Crippen LogP contribution in [0.15, 0.2) is 60.7 Å². The van der Waals surface area contributed by atoms with Crippen molar-refractivity contribution in [3.05, 3.63) is 71.8 Å². The normalized spacial score (nSPS) is 16.4. The van der Waals surface area contributed by atoms with E-state index in [-0.39, 0.29) is 34.0 Å². The first kappa shape index (κ1) is 27.3. The van der Waals surface area contributed by atoms with Crippen LogP contribution >= 0.6 is 0 Å². The Balaban J connectivity index is 0.00000225. The first-order valence-corrected chi connectivity index (χ1v) is 11.1. The molecule has 1 fully saturated rings. The van der Waals surface area contributed by atoms with Gasteiger partial charge in [0.15, 0.2) is 0 Å². The van der Waals surface area contributed by atoms with Crippen molar-refractivity contribution < 1.29 is 42.9 Å². The molecule has 1 aliphatic heterocycles. The van der Waals surface area contributed by atoms with E-state index >= 15 is 0 Å². The lowest BCUT2D eigenvalue weighted by Gasteiger charge is -2.44. The lowest BCUT2D eigenvalue weighted by molar-refractivity contribution is -0.939. The van der Waals surface area contributed by atoms with Crippen LogP contribution < -0.4 is 34.0 Å². The van der Waals surface area contributed by atoms with Crippen LogP contribution in [0, 0.1) is 0 Å². The Hall–Kier alpha value is -0.720. The minimum absolute atomic E-state index is 0. The number of rotatable bonds is 9. The van der Waals surface area contributed by atoms with Crippen molar-refractivity contribution in [3.8, 4) is 0 Å². The molecule has 0 unspecified atom stereocenters. The molecule has 0 radical (unpaired) electrons. The zero-order valence-corrected chi connectivity index (χ0v) is 22.1. The lowest BCUT2D eigenvalue weighted by Crippen LogP contribution is -3.00. The van der Waals surface area contributed by atoms with Gasteiger partial charge in [0.25, 0.3) is 0 Å². The summed E-state index contributed by atoms with van der Waals surface area (Å²) in [5.41, 5.74) is 2.94. The first-order valence-electron chi connectivity index (χ1n) is 11.1. The maximum atomic E-state index is 2.70. The fraction of sp³-hybridized carbons (Fsp3) is 0.520. The van der Waals surface area contributed by atoms with E-state index in [2.05, 4.69) is 86.5 Å². The van der Waals surface area contributed by atoms with Crippen LogP contribution in [-0.2, 0) is 13.1 Å². The van der Waals surface area contributed by atoms with E-state index in [1.165, 1.54) is 72.5 Å². The van der Waals surface area contributed by atoms with Crippen LogP contribution in [0.3, 0.4) is 0 Å². The van der Waals surface area contributed by atoms with E-state index < -0.39 is 0 Å². The number of benzene rings is 2. The highest BCUT2D eigenvalue weighted by Gasteiger charge is 2.31. The molecule has 3 rings (SSSR count). The number of quaternary nitrogens is 2. The summed E-state index contributed by atoms with van der Waals surface area (Å²) in [6.45, 7) is 16.9. The summed E-state index contributed by atoms with van der Waals surface area (Å²) < 4.78 is 2.36. The van der Waals surface area contributed by atoms with Crippen molar-refractivity contribution in [1.29, 1.82) is 0 Å². The summed E-state index contributed by atoms with van der Waals surface area (Å²) in [6, 6.07) is 22.0. The minimum Gasteiger partial charge on any atom is -1.00 e. The molecule has 1 saturated heterocycles. The van der Waals surface area contributed by atoms with E-state index in [0.717, 1.165) is 13.1 Å². The molecular formula is C25H39Br2N3. The Bertz CT molecular complexity index is 697. The van der Waals surface area contributed by atoms with Gasteiger partial charge in [0.1, 0.15) is 13.1 Å². The fourth-order valence-corrected chi connectivity index (χ4v) is 4.56. The molecular weight excluding hydrogens is 502 g/mol. The number of nitrogens with zero attached hydrogens (tertiary/aromatic N) is 3. The van der Waals surface area contributed by atoms with Gasteiger partial charge in [0, 0.05) is 30.8 Å². The fourth-order valence-electron chi connectivity index (χ4n) is 4.56. The Morgan fingerprint density at radius 2 is 1.30 bits per heavy atom. The summed E-state index contributed by atoms with van der Waals surface area (Å²) in [4.78, 5) is 2.70. The van der Waals surface area contributed by atoms with Gasteiger partial charge in [-0.15, -0.1) is 0 Å². The monoisotopic (exact) mass is 539 g/mol. The van der Waals surface area contributed by atoms with E-state index in [9.17, 15) is 0 Å². The quantitative estimate of drug-likeness (QED) is 0.333. The predicted octanol–water partition coefficient (Wildman–Crippen LogP) is -1.99. The van der Waals surface area contributed by atoms with Crippen LogP contribution in [0.1, 0.15) is 25.0 Å². The second kappa shape index (κ2) is 13.0. The number of halogens is 2. The average Bonchev–Trinajstić information content (AvgIpc) is 2.74. The third-order valence-electron chi connectivity index (χ3n) is 6.91. The predicted molar refractivity (Wildman–Crippen MR) is 119 cm³/mol. The minimum atomic E-state index is 0. The summed E-state index contributed by atoms with van der Waals surface area (Å²) >= 11 is 0. The standard InChI is InChI=1S/C25H39N3.2BrH/c1-4-28(5-2,23-25-14-10-7-11-15-25)21-18-26-16-19-27(3,20-17-26)22-24-12-8-6-9-13-24;;/h6-15H,4-5,16-23H2,1-3H3;2*1H/q+2;;/p-2. The smallest absolute Gasteiger partial charge is 0.104 e. The molecule has 168 valence electrons. The lowest BCUT2D eigenvalue weighted by atomic mass is 10.1. The topological polar surface area (TPSA) is 3.24 Å². The molecule has 2 aromatic rings. The number of hydrogen-bond donors (Lipinski definition) is 0. The van der Waals surface area contributed by atoms with Gasteiger partial charge in [-0.2, -0.15) is 0 Å². The first-order chi connectivity index (χ1) is 13.6. The third-order valence-corrected chi connectivity index (χ3v) is 6.91. The maximum absolute atomic E-state index is 2.70. The van der Waals surface area contributed by atoms with Crippen LogP contribution in [-0.4, -0.2) is 73.3 Å². The molecule has 0 amide bonds. The highest BCUT2D eigenvalue weighted by Crippen LogP contribution is 2.18. The largest absolute Gasteiger partial charge is 1.00 e. The summed E-state index contributed by atoms with van der Waals surface area (Å²) in [5, 5.41) is 0. The molecule has 0 aliphatic carbocycles. The Morgan fingerprint density at radius 1 is 0.800 bits per heavy atom. The summed E-state index contributed by atoms with van der Waals surface area (Å²) in [5.74, 6) is 0. The molecule has 2 aromatic carbocycles. The van der Waals surface area contributed by atoms with Crippen molar-refractivity contribution >= 4 is 0 Å². The van der Waals surface area contributed by atoms with E-state index in [4.69, 9.17) is 0 Å². The number of hydrogen-bond acceptors (Lipinski definition) is 1. The molecule has 0 aromatic heterocycles. The van der Waals surface area contributed by atoms with Crippen LogP contribution in [0.4, 0.5) is 0 Å². The summed E-state index contributed by atoms with van der Waals surface area (Å²) in [7, 11) is 2.43. The van der Waals surface area contributed by atoms with Crippen LogP contribution in [0.2, 0.25) is 0 Å². The van der Waals surface area contributed by atoms with Crippen LogP contribution in [0.25, 0.3) is 0 Å². The number of piperazine rings is 1. The zero-order valence-electron chi connectivity index (χ0n) is 18.9. The second-order valence-electron chi connectivity index (χ2n) is 8.89. The Morgan fingerprint density at radius 3 is 1.80 bits per heavy atom. The van der Waals surface area contributed by atoms with Crippen molar-refractivity contribution in [2.45, 2.75) is 26.9 Å². The van der Waals surface area contributed by atoms with Gasteiger partial charge in [-0.3, -0.25) is 4.90 Å². The van der Waals surface area contributed by atoms with Crippen molar-refractivity contribution in [1.82, 2.24) is 4.90 Å². The molecule has 30 heavy (non-hydrogen) atoms. The molecule has 0 spiro atoms. The summed E-state index contributed by atoms with van der Waals surface area (Å²) in [6.07, 6.45) is 0. The number of likely N-dealkylation sites (N-methyl/N-ethyl adjacent to an activating group) is 2. The molecule has 0 saturated carbocycles. The third kappa shape index (κ3) is 7.76. The van der Waals surface area contributed by atoms with Crippen LogP contribution in [0.5, 0.6) is 0 Å². The van der Waals surface area contributed by atoms with Gasteiger partial charge in [-0.25, -0.2) is 0 Å². The Kier molecular flexibility index (Phi) is 11.8. The maximum Gasteiger partial charge on any atom is 0.104 e. The van der Waals surface area contributed by atoms with Gasteiger partial charge in [-0.1, -0.05) is 60.7 Å². The molecule has 1 aliphatic rings. The van der Waals surface area contributed by atoms with Gasteiger partial charge in [0.05, 0.1) is 39.8 Å². The van der Waals surface area contributed by atoms with Crippen molar-refractivity contribution in [3.63, 3.8) is 0 Å². The van der Waals surface area contributed by atoms with Crippen molar-refractivity contribution in [2.75, 3.05) is 59.4 Å². The highest BCUT2D eigenvalue weighted by molar-refractivity contribution is 5.14. The van der Waals surface area contributed by atoms with Gasteiger partial charge in [-0.05, 0) is 13.8 Å². The van der Waals surface area contributed by atoms with E-state index in [0.29, 0.717) is 0 Å². The van der Waals surface area contributed by atoms with Crippen molar-refractivity contribution in [2.24, 2.45) is 0 Å². The SMILES string of the molecule is CC[N+](CC)(CCN1CC[N+](C)(Cc2ccccc2)CC1)Cc1ccccc1.[Br-].[Br-]. The van der Waals surface area contributed by atoms with E-state index in [1.54, 1.807) is 0 Å². The zero-order chi connectivity index (χ0) is 19.9. The van der Waals surface area contributed by atoms with E-state index in [1.807, 2.05) is 0 Å². The average molecular weight is 541 g/mol. The second-order valence-corrected chi connectivity index (χ2v) is 8.89. The highest BCUT2D eigenvalue weighted by atomic mass is 79.9. The molecule has 0 N–H and O–H groups in total. The van der Waals surface area contributed by atoms with Gasteiger partial charge < -0.3 is 42.9 Å². The Labute approximate surface area is 205 Å². The van der Waals surface area contributed by atoms with Gasteiger partial charge in [0.2, 0.25) is 0 Å². The molecule has 5 heteroatoms.